The highest BCUT2D eigenvalue weighted by atomic mass is 16.3. The van der Waals surface area contributed by atoms with Gasteiger partial charge >= 0.3 is 0 Å². The van der Waals surface area contributed by atoms with Crippen LogP contribution in [0.1, 0.15) is 6.92 Å². The number of allylic oxidation sites excluding steroid dienone is 1. The topological polar surface area (TPSA) is 63.9 Å². The summed E-state index contributed by atoms with van der Waals surface area (Å²) in [6.07, 6.45) is 2.17. The van der Waals surface area contributed by atoms with Crippen LogP contribution < -0.4 is 0 Å². The van der Waals surface area contributed by atoms with E-state index in [2.05, 4.69) is 0 Å². The van der Waals surface area contributed by atoms with Crippen LogP contribution in [0.5, 0.6) is 0 Å². The van der Waals surface area contributed by atoms with E-state index < -0.39 is 12.2 Å². The fourth-order valence-corrected chi connectivity index (χ4v) is 1.64. The number of aliphatic hydroxyl groups is 3. The molecular formula is C9H17NO3. The van der Waals surface area contributed by atoms with Gasteiger partial charge in [0.1, 0.15) is 0 Å². The Labute approximate surface area is 78.1 Å². The van der Waals surface area contributed by atoms with Crippen LogP contribution in [0.3, 0.4) is 0 Å². The summed E-state index contributed by atoms with van der Waals surface area (Å²) in [6, 6.07) is 0. The second-order valence-electron chi connectivity index (χ2n) is 3.44. The molecule has 0 radical (unpaired) electrons. The maximum atomic E-state index is 9.46. The summed E-state index contributed by atoms with van der Waals surface area (Å²) in [4.78, 5) is 1.90. The zero-order chi connectivity index (χ0) is 9.84. The summed E-state index contributed by atoms with van der Waals surface area (Å²) >= 11 is 0. The van der Waals surface area contributed by atoms with Gasteiger partial charge < -0.3 is 20.2 Å². The highest BCUT2D eigenvalue weighted by molar-refractivity contribution is 4.91. The molecule has 13 heavy (non-hydrogen) atoms. The fourth-order valence-electron chi connectivity index (χ4n) is 1.64. The quantitative estimate of drug-likeness (QED) is 0.528. The van der Waals surface area contributed by atoms with Crippen molar-refractivity contribution in [3.05, 3.63) is 12.3 Å². The summed E-state index contributed by atoms with van der Waals surface area (Å²) < 4.78 is 0. The van der Waals surface area contributed by atoms with Gasteiger partial charge in [0, 0.05) is 19.0 Å². The first-order valence-electron chi connectivity index (χ1n) is 4.53. The molecule has 0 aromatic heterocycles. The molecule has 76 valence electrons. The fraction of sp³-hybridized carbons (Fsp3) is 0.778. The molecule has 0 aliphatic carbocycles. The Balaban J connectivity index is 2.57. The van der Waals surface area contributed by atoms with Crippen LogP contribution in [0, 0.1) is 5.92 Å². The third-order valence-corrected chi connectivity index (χ3v) is 2.36. The number of rotatable bonds is 2. The van der Waals surface area contributed by atoms with E-state index in [1.165, 1.54) is 0 Å². The molecule has 0 amide bonds. The Bertz CT molecular complexity index is 184. The summed E-state index contributed by atoms with van der Waals surface area (Å²) in [5, 5.41) is 27.8. The number of hydrogen-bond donors (Lipinski definition) is 3. The average molecular weight is 187 g/mol. The number of piperidine rings is 1. The van der Waals surface area contributed by atoms with Crippen LogP contribution in [-0.2, 0) is 0 Å². The molecule has 0 saturated carbocycles. The highest BCUT2D eigenvalue weighted by Crippen LogP contribution is 2.17. The van der Waals surface area contributed by atoms with Crippen molar-refractivity contribution in [1.82, 2.24) is 4.90 Å². The smallest absolute Gasteiger partial charge is 0.0977 e. The van der Waals surface area contributed by atoms with E-state index in [0.29, 0.717) is 13.1 Å². The van der Waals surface area contributed by atoms with Gasteiger partial charge in [0.2, 0.25) is 0 Å². The first-order valence-corrected chi connectivity index (χ1v) is 4.53. The van der Waals surface area contributed by atoms with Crippen LogP contribution in [0.2, 0.25) is 0 Å². The summed E-state index contributed by atoms with van der Waals surface area (Å²) in [5.41, 5.74) is 0. The largest absolute Gasteiger partial charge is 0.396 e. The molecular weight excluding hydrogens is 170 g/mol. The zero-order valence-electron chi connectivity index (χ0n) is 7.80. The Morgan fingerprint density at radius 1 is 1.38 bits per heavy atom. The standard InChI is InChI=1S/C9H17NO3/c1-2-3-10-4-7(6-11)9(13)8(12)5-10/h2-3,7-9,11-13H,4-6H2,1H3/b3-2+. The minimum atomic E-state index is -0.800. The maximum Gasteiger partial charge on any atom is 0.0977 e. The molecule has 1 aliphatic rings. The molecule has 1 fully saturated rings. The van der Waals surface area contributed by atoms with Crippen molar-refractivity contribution < 1.29 is 15.3 Å². The van der Waals surface area contributed by atoms with Gasteiger partial charge in [0.05, 0.1) is 18.8 Å². The Morgan fingerprint density at radius 3 is 2.62 bits per heavy atom. The van der Waals surface area contributed by atoms with Gasteiger partial charge in [0.25, 0.3) is 0 Å². The maximum absolute atomic E-state index is 9.46. The predicted molar refractivity (Wildman–Crippen MR) is 49.0 cm³/mol. The second-order valence-corrected chi connectivity index (χ2v) is 3.44. The van der Waals surface area contributed by atoms with E-state index in [9.17, 15) is 10.2 Å². The molecule has 0 bridgehead atoms. The first-order chi connectivity index (χ1) is 6.19. The van der Waals surface area contributed by atoms with E-state index in [4.69, 9.17) is 5.11 Å². The molecule has 4 nitrogen and oxygen atoms in total. The summed E-state index contributed by atoms with van der Waals surface area (Å²) in [7, 11) is 0. The molecule has 0 aromatic carbocycles. The van der Waals surface area contributed by atoms with Crippen molar-refractivity contribution in [2.75, 3.05) is 19.7 Å². The molecule has 0 spiro atoms. The summed E-state index contributed by atoms with van der Waals surface area (Å²) in [5.74, 6) is -0.250. The Hall–Kier alpha value is -0.580. The minimum absolute atomic E-state index is 0.0910. The third-order valence-electron chi connectivity index (χ3n) is 2.36. The van der Waals surface area contributed by atoms with E-state index in [0.717, 1.165) is 0 Å². The van der Waals surface area contributed by atoms with Crippen molar-refractivity contribution in [2.45, 2.75) is 19.1 Å². The lowest BCUT2D eigenvalue weighted by Gasteiger charge is -2.38. The predicted octanol–water partition coefficient (Wildman–Crippen LogP) is -0.834. The normalized spacial score (nSPS) is 35.7. The number of β-amino-alcohol motifs (C(OH)–C–C–N with tert-alkyl or cyclic N) is 1. The number of hydrogen-bond acceptors (Lipinski definition) is 4. The molecule has 1 aliphatic heterocycles. The lowest BCUT2D eigenvalue weighted by Crippen LogP contribution is -2.51. The van der Waals surface area contributed by atoms with Crippen molar-refractivity contribution in [1.29, 1.82) is 0 Å². The molecule has 3 atom stereocenters. The Kier molecular flexibility index (Phi) is 3.71. The first kappa shape index (κ1) is 10.5. The molecule has 0 aromatic rings. The number of likely N-dealkylation sites (tertiary alicyclic amines) is 1. The zero-order valence-corrected chi connectivity index (χ0v) is 7.80. The van der Waals surface area contributed by atoms with E-state index >= 15 is 0 Å². The SMILES string of the molecule is C/C=C/N1CC(O)C(O)C(CO)C1. The van der Waals surface area contributed by atoms with Gasteiger partial charge in [0.15, 0.2) is 0 Å². The lowest BCUT2D eigenvalue weighted by atomic mass is 9.93. The van der Waals surface area contributed by atoms with Gasteiger partial charge in [-0.05, 0) is 13.1 Å². The van der Waals surface area contributed by atoms with Crippen molar-refractivity contribution in [3.8, 4) is 0 Å². The van der Waals surface area contributed by atoms with Gasteiger partial charge in [-0.25, -0.2) is 0 Å². The van der Waals surface area contributed by atoms with Crippen molar-refractivity contribution >= 4 is 0 Å². The van der Waals surface area contributed by atoms with E-state index in [1.54, 1.807) is 0 Å². The van der Waals surface area contributed by atoms with Crippen molar-refractivity contribution in [3.63, 3.8) is 0 Å². The van der Waals surface area contributed by atoms with Gasteiger partial charge in [-0.2, -0.15) is 0 Å². The minimum Gasteiger partial charge on any atom is -0.396 e. The number of nitrogens with zero attached hydrogens (tertiary/aromatic N) is 1. The monoisotopic (exact) mass is 187 g/mol. The molecule has 3 unspecified atom stereocenters. The molecule has 1 rings (SSSR count). The van der Waals surface area contributed by atoms with Gasteiger partial charge in [-0.15, -0.1) is 0 Å². The van der Waals surface area contributed by atoms with E-state index in [-0.39, 0.29) is 12.5 Å². The van der Waals surface area contributed by atoms with Crippen LogP contribution in [-0.4, -0.2) is 52.1 Å². The number of aliphatic hydroxyl groups excluding tert-OH is 3. The van der Waals surface area contributed by atoms with Crippen LogP contribution in [0.15, 0.2) is 12.3 Å². The molecule has 1 saturated heterocycles. The average Bonchev–Trinajstić information content (AvgIpc) is 2.11. The second kappa shape index (κ2) is 4.60. The van der Waals surface area contributed by atoms with Crippen molar-refractivity contribution in [2.24, 2.45) is 5.92 Å². The van der Waals surface area contributed by atoms with Crippen LogP contribution in [0.4, 0.5) is 0 Å². The molecule has 1 heterocycles. The van der Waals surface area contributed by atoms with Gasteiger partial charge in [-0.3, -0.25) is 0 Å². The third kappa shape index (κ3) is 2.43. The van der Waals surface area contributed by atoms with Crippen LogP contribution >= 0.6 is 0 Å². The molecule has 4 heteroatoms. The molecule has 3 N–H and O–H groups in total. The van der Waals surface area contributed by atoms with Gasteiger partial charge in [-0.1, -0.05) is 6.08 Å². The lowest BCUT2D eigenvalue weighted by molar-refractivity contribution is -0.0759. The summed E-state index contributed by atoms with van der Waals surface area (Å²) in [6.45, 7) is 2.83. The van der Waals surface area contributed by atoms with Crippen LogP contribution in [0.25, 0.3) is 0 Å². The highest BCUT2D eigenvalue weighted by Gasteiger charge is 2.32. The Morgan fingerprint density at radius 2 is 2.08 bits per heavy atom. The van der Waals surface area contributed by atoms with E-state index in [1.807, 2.05) is 24.1 Å².